The zero-order valence-electron chi connectivity index (χ0n) is 9.24. The molecule has 0 spiro atoms. The number of hydrogen-bond donors (Lipinski definition) is 0. The van der Waals surface area contributed by atoms with E-state index >= 15 is 0 Å². The molecule has 0 amide bonds. The number of carbonyl (C=O) groups excluding carboxylic acids is 1. The van der Waals surface area contributed by atoms with Gasteiger partial charge in [-0.1, -0.05) is 37.1 Å². The predicted molar refractivity (Wildman–Crippen MR) is 68.6 cm³/mol. The number of carbonyl (C=O) groups is 1. The number of benzene rings is 1. The molecule has 0 aliphatic heterocycles. The van der Waals surface area contributed by atoms with Gasteiger partial charge in [-0.15, -0.1) is 0 Å². The summed E-state index contributed by atoms with van der Waals surface area (Å²) < 4.78 is 11.5. The van der Waals surface area contributed by atoms with Gasteiger partial charge in [0.25, 0.3) is 0 Å². The van der Waals surface area contributed by atoms with Crippen molar-refractivity contribution >= 4 is 28.2 Å². The molecule has 0 aliphatic carbocycles. The van der Waals surface area contributed by atoms with E-state index in [4.69, 9.17) is 11.6 Å². The van der Waals surface area contributed by atoms with Gasteiger partial charge in [-0.2, -0.15) is 0 Å². The summed E-state index contributed by atoms with van der Waals surface area (Å²) >= 11 is 5.78. The Kier molecular flexibility index (Phi) is 5.71. The summed E-state index contributed by atoms with van der Waals surface area (Å²) in [5, 5.41) is 0.533. The minimum atomic E-state index is -1.05. The Bertz CT molecular complexity index is 390. The Morgan fingerprint density at radius 2 is 2.19 bits per heavy atom. The molecule has 1 unspecified atom stereocenters. The van der Waals surface area contributed by atoms with Crippen LogP contribution in [0.2, 0.25) is 5.02 Å². The van der Waals surface area contributed by atoms with Crippen LogP contribution in [0.25, 0.3) is 0 Å². The Labute approximate surface area is 103 Å². The molecule has 0 heterocycles. The van der Waals surface area contributed by atoms with Gasteiger partial charge in [-0.05, 0) is 18.6 Å². The molecule has 0 saturated carbocycles. The average molecular weight is 259 g/mol. The predicted octanol–water partition coefficient (Wildman–Crippen LogP) is 3.07. The highest BCUT2D eigenvalue weighted by Gasteiger charge is 2.10. The Hall–Kier alpha value is -0.670. The molecule has 4 heteroatoms. The van der Waals surface area contributed by atoms with Gasteiger partial charge < -0.3 is 0 Å². The van der Waals surface area contributed by atoms with Crippen LogP contribution < -0.4 is 0 Å². The van der Waals surface area contributed by atoms with Gasteiger partial charge in [0.15, 0.2) is 5.78 Å². The van der Waals surface area contributed by atoms with Gasteiger partial charge in [-0.25, -0.2) is 0 Å². The maximum Gasteiger partial charge on any atom is 0.175 e. The maximum atomic E-state index is 11.7. The van der Waals surface area contributed by atoms with E-state index in [9.17, 15) is 9.00 Å². The van der Waals surface area contributed by atoms with E-state index in [0.717, 1.165) is 12.8 Å². The number of halogens is 1. The fraction of sp³-hybridized carbons (Fsp3) is 0.417. The van der Waals surface area contributed by atoms with Crippen LogP contribution in [0.4, 0.5) is 0 Å². The quantitative estimate of drug-likeness (QED) is 0.735. The highest BCUT2D eigenvalue weighted by molar-refractivity contribution is 7.85. The second kappa shape index (κ2) is 6.81. The topological polar surface area (TPSA) is 34.1 Å². The lowest BCUT2D eigenvalue weighted by Crippen LogP contribution is -2.13. The molecule has 0 N–H and O–H groups in total. The number of rotatable bonds is 6. The Balaban J connectivity index is 2.55. The van der Waals surface area contributed by atoms with E-state index in [1.165, 1.54) is 0 Å². The Morgan fingerprint density at radius 3 is 2.81 bits per heavy atom. The van der Waals surface area contributed by atoms with Crippen LogP contribution in [0.1, 0.15) is 30.1 Å². The van der Waals surface area contributed by atoms with Gasteiger partial charge in [0.05, 0.1) is 5.75 Å². The maximum absolute atomic E-state index is 11.7. The van der Waals surface area contributed by atoms with Crippen molar-refractivity contribution in [1.29, 1.82) is 0 Å². The molecule has 2 nitrogen and oxygen atoms in total. The highest BCUT2D eigenvalue weighted by atomic mass is 35.5. The van der Waals surface area contributed by atoms with Crippen LogP contribution in [-0.4, -0.2) is 21.5 Å². The van der Waals surface area contributed by atoms with Crippen molar-refractivity contribution in [1.82, 2.24) is 0 Å². The van der Waals surface area contributed by atoms with Crippen molar-refractivity contribution in [3.63, 3.8) is 0 Å². The van der Waals surface area contributed by atoms with E-state index in [0.29, 0.717) is 16.3 Å². The van der Waals surface area contributed by atoms with Crippen molar-refractivity contribution in [3.05, 3.63) is 34.9 Å². The molecule has 0 aromatic heterocycles. The minimum Gasteiger partial charge on any atom is -0.293 e. The summed E-state index contributed by atoms with van der Waals surface area (Å²) in [6.07, 6.45) is 1.90. The lowest BCUT2D eigenvalue weighted by Gasteiger charge is -2.01. The van der Waals surface area contributed by atoms with E-state index < -0.39 is 10.8 Å². The third-order valence-corrected chi connectivity index (χ3v) is 3.73. The second-order valence-electron chi connectivity index (χ2n) is 3.58. The highest BCUT2D eigenvalue weighted by Crippen LogP contribution is 2.11. The van der Waals surface area contributed by atoms with E-state index in [1.807, 2.05) is 6.92 Å². The summed E-state index contributed by atoms with van der Waals surface area (Å²) in [6, 6.07) is 6.75. The molecule has 0 aliphatic rings. The molecule has 0 saturated heterocycles. The van der Waals surface area contributed by atoms with Crippen LogP contribution in [-0.2, 0) is 10.8 Å². The molecular formula is C12H15ClO2S. The third kappa shape index (κ3) is 4.45. The van der Waals surface area contributed by atoms with Crippen LogP contribution in [0, 0.1) is 0 Å². The molecule has 0 fully saturated rings. The van der Waals surface area contributed by atoms with Crippen LogP contribution in [0.3, 0.4) is 0 Å². The third-order valence-electron chi connectivity index (χ3n) is 2.16. The summed E-state index contributed by atoms with van der Waals surface area (Å²) in [7, 11) is -1.05. The standard InChI is InChI=1S/C12H15ClO2S/c1-2-3-7-16(15)9-12(14)10-5-4-6-11(13)8-10/h4-6,8H,2-3,7,9H2,1H3. The minimum absolute atomic E-state index is 0.0976. The van der Waals surface area contributed by atoms with Crippen molar-refractivity contribution < 1.29 is 9.00 Å². The van der Waals surface area contributed by atoms with Gasteiger partial charge in [0.2, 0.25) is 0 Å². The zero-order chi connectivity index (χ0) is 12.0. The van der Waals surface area contributed by atoms with Gasteiger partial charge >= 0.3 is 0 Å². The SMILES string of the molecule is CCCCS(=O)CC(=O)c1cccc(Cl)c1. The first-order valence-corrected chi connectivity index (χ1v) is 7.14. The molecule has 16 heavy (non-hydrogen) atoms. The Morgan fingerprint density at radius 1 is 1.44 bits per heavy atom. The average Bonchev–Trinajstić information content (AvgIpc) is 2.26. The molecule has 1 aromatic rings. The number of unbranched alkanes of at least 4 members (excludes halogenated alkanes) is 1. The van der Waals surface area contributed by atoms with Gasteiger partial charge in [-0.3, -0.25) is 9.00 Å². The molecular weight excluding hydrogens is 244 g/mol. The van der Waals surface area contributed by atoms with E-state index in [-0.39, 0.29) is 11.5 Å². The molecule has 1 aromatic carbocycles. The zero-order valence-corrected chi connectivity index (χ0v) is 10.8. The van der Waals surface area contributed by atoms with Gasteiger partial charge in [0, 0.05) is 27.1 Å². The van der Waals surface area contributed by atoms with Crippen LogP contribution >= 0.6 is 11.6 Å². The number of hydrogen-bond acceptors (Lipinski definition) is 2. The largest absolute Gasteiger partial charge is 0.293 e. The first-order valence-electron chi connectivity index (χ1n) is 5.27. The summed E-state index contributed by atoms with van der Waals surface area (Å²) in [6.45, 7) is 2.04. The molecule has 0 radical (unpaired) electrons. The smallest absolute Gasteiger partial charge is 0.175 e. The van der Waals surface area contributed by atoms with Gasteiger partial charge in [0.1, 0.15) is 0 Å². The normalized spacial score (nSPS) is 12.4. The molecule has 1 rings (SSSR count). The first kappa shape index (κ1) is 13.4. The number of ketones is 1. The summed E-state index contributed by atoms with van der Waals surface area (Å²) in [4.78, 5) is 11.7. The number of Topliss-reactive ketones (excluding diaryl/α,β-unsaturated/α-hetero) is 1. The van der Waals surface area contributed by atoms with Crippen LogP contribution in [0.5, 0.6) is 0 Å². The lowest BCUT2D eigenvalue weighted by molar-refractivity contribution is 0.102. The molecule has 88 valence electrons. The van der Waals surface area contributed by atoms with E-state index in [2.05, 4.69) is 0 Å². The van der Waals surface area contributed by atoms with E-state index in [1.54, 1.807) is 24.3 Å². The monoisotopic (exact) mass is 258 g/mol. The fourth-order valence-corrected chi connectivity index (χ4v) is 2.67. The fourth-order valence-electron chi connectivity index (χ4n) is 1.27. The molecule has 0 bridgehead atoms. The molecule has 1 atom stereocenters. The summed E-state index contributed by atoms with van der Waals surface area (Å²) in [5.74, 6) is 0.598. The van der Waals surface area contributed by atoms with Crippen molar-refractivity contribution in [3.8, 4) is 0 Å². The van der Waals surface area contributed by atoms with Crippen molar-refractivity contribution in [2.75, 3.05) is 11.5 Å². The first-order chi connectivity index (χ1) is 7.63. The summed E-state index contributed by atoms with van der Waals surface area (Å²) in [5.41, 5.74) is 0.539. The van der Waals surface area contributed by atoms with Crippen molar-refractivity contribution in [2.45, 2.75) is 19.8 Å². The second-order valence-corrected chi connectivity index (χ2v) is 5.59. The lowest BCUT2D eigenvalue weighted by atomic mass is 10.1. The van der Waals surface area contributed by atoms with Crippen molar-refractivity contribution in [2.24, 2.45) is 0 Å². The van der Waals surface area contributed by atoms with Crippen LogP contribution in [0.15, 0.2) is 24.3 Å².